The van der Waals surface area contributed by atoms with Crippen LogP contribution in [-0.2, 0) is 0 Å². The summed E-state index contributed by atoms with van der Waals surface area (Å²) in [5, 5.41) is 7.00. The van der Waals surface area contributed by atoms with E-state index < -0.39 is 0 Å². The first-order chi connectivity index (χ1) is 13.1. The van der Waals surface area contributed by atoms with Gasteiger partial charge in [-0.25, -0.2) is 0 Å². The Labute approximate surface area is 160 Å². The number of carbonyl (C=O) groups is 1. The molecule has 0 radical (unpaired) electrons. The van der Waals surface area contributed by atoms with Crippen LogP contribution in [0.1, 0.15) is 28.0 Å². The molecular weight excluding hydrogens is 338 g/mol. The van der Waals surface area contributed by atoms with Gasteiger partial charge in [0.25, 0.3) is 5.91 Å². The molecule has 2 aromatic carbocycles. The quantitative estimate of drug-likeness (QED) is 0.639. The van der Waals surface area contributed by atoms with Gasteiger partial charge in [-0.3, -0.25) is 4.79 Å². The van der Waals surface area contributed by atoms with Crippen molar-refractivity contribution in [1.29, 1.82) is 0 Å². The standard InChI is InChI=1S/C22H25N3O2/c1-16-10-7-8-13-19(16)21-20(17(2)24-27-21)22(26)23-14-9-15-25(3)18-11-5-4-6-12-18/h4-8,10-13H,9,14-15H2,1-3H3,(H,23,26). The highest BCUT2D eigenvalue weighted by molar-refractivity contribution is 6.00. The largest absolute Gasteiger partial charge is 0.375 e. The Hall–Kier alpha value is -3.08. The van der Waals surface area contributed by atoms with Crippen molar-refractivity contribution < 1.29 is 9.32 Å². The number of nitrogens with zero attached hydrogens (tertiary/aromatic N) is 2. The van der Waals surface area contributed by atoms with Crippen LogP contribution >= 0.6 is 0 Å². The first-order valence-corrected chi connectivity index (χ1v) is 9.14. The Morgan fingerprint density at radius 1 is 1.07 bits per heavy atom. The van der Waals surface area contributed by atoms with E-state index in [-0.39, 0.29) is 5.91 Å². The molecule has 0 saturated heterocycles. The zero-order valence-electron chi connectivity index (χ0n) is 16.0. The molecule has 0 unspecified atom stereocenters. The summed E-state index contributed by atoms with van der Waals surface area (Å²) >= 11 is 0. The summed E-state index contributed by atoms with van der Waals surface area (Å²) in [5.41, 5.74) is 4.23. The van der Waals surface area contributed by atoms with Gasteiger partial charge in [-0.15, -0.1) is 0 Å². The minimum Gasteiger partial charge on any atom is -0.375 e. The number of hydrogen-bond acceptors (Lipinski definition) is 4. The van der Waals surface area contributed by atoms with Crippen molar-refractivity contribution in [3.8, 4) is 11.3 Å². The second-order valence-electron chi connectivity index (χ2n) is 6.65. The van der Waals surface area contributed by atoms with Crippen LogP contribution in [0.4, 0.5) is 5.69 Å². The molecule has 140 valence electrons. The molecule has 0 spiro atoms. The third-order valence-corrected chi connectivity index (χ3v) is 4.63. The predicted molar refractivity (Wildman–Crippen MR) is 108 cm³/mol. The molecule has 3 rings (SSSR count). The fourth-order valence-electron chi connectivity index (χ4n) is 3.07. The lowest BCUT2D eigenvalue weighted by Crippen LogP contribution is -2.28. The van der Waals surface area contributed by atoms with Crippen LogP contribution < -0.4 is 10.2 Å². The van der Waals surface area contributed by atoms with Crippen LogP contribution in [0, 0.1) is 13.8 Å². The second-order valence-corrected chi connectivity index (χ2v) is 6.65. The van der Waals surface area contributed by atoms with Gasteiger partial charge in [-0.05, 0) is 38.0 Å². The van der Waals surface area contributed by atoms with Gasteiger partial charge in [0.1, 0.15) is 5.56 Å². The Morgan fingerprint density at radius 3 is 2.52 bits per heavy atom. The number of amides is 1. The van der Waals surface area contributed by atoms with Crippen LogP contribution in [-0.4, -0.2) is 31.2 Å². The fourth-order valence-corrected chi connectivity index (χ4v) is 3.07. The average molecular weight is 363 g/mol. The minimum atomic E-state index is -0.144. The third kappa shape index (κ3) is 4.37. The molecule has 1 heterocycles. The summed E-state index contributed by atoms with van der Waals surface area (Å²) in [7, 11) is 2.05. The highest BCUT2D eigenvalue weighted by atomic mass is 16.5. The number of rotatable bonds is 7. The molecule has 5 nitrogen and oxygen atoms in total. The molecule has 0 aliphatic heterocycles. The summed E-state index contributed by atoms with van der Waals surface area (Å²) in [6.07, 6.45) is 0.848. The van der Waals surface area contributed by atoms with Gasteiger partial charge < -0.3 is 14.7 Å². The van der Waals surface area contributed by atoms with Crippen molar-refractivity contribution in [2.24, 2.45) is 0 Å². The molecule has 0 fully saturated rings. The van der Waals surface area contributed by atoms with Gasteiger partial charge >= 0.3 is 0 Å². The van der Waals surface area contributed by atoms with E-state index in [1.807, 2.05) is 49.4 Å². The van der Waals surface area contributed by atoms with Gasteiger partial charge in [-0.1, -0.05) is 47.6 Å². The normalized spacial score (nSPS) is 10.6. The number of hydrogen-bond donors (Lipinski definition) is 1. The van der Waals surface area contributed by atoms with Gasteiger partial charge in [-0.2, -0.15) is 0 Å². The van der Waals surface area contributed by atoms with Crippen LogP contribution in [0.15, 0.2) is 59.1 Å². The topological polar surface area (TPSA) is 58.4 Å². The zero-order valence-corrected chi connectivity index (χ0v) is 16.0. The van der Waals surface area contributed by atoms with Crippen molar-refractivity contribution in [3.63, 3.8) is 0 Å². The molecule has 0 aliphatic rings. The molecule has 3 aromatic rings. The van der Waals surface area contributed by atoms with Gasteiger partial charge in [0.2, 0.25) is 0 Å². The van der Waals surface area contributed by atoms with Gasteiger partial charge in [0, 0.05) is 31.4 Å². The molecule has 0 saturated carbocycles. The van der Waals surface area contributed by atoms with E-state index in [4.69, 9.17) is 4.52 Å². The number of benzene rings is 2. The molecule has 5 heteroatoms. The van der Waals surface area contributed by atoms with E-state index in [1.165, 1.54) is 5.69 Å². The smallest absolute Gasteiger partial charge is 0.257 e. The molecule has 0 aliphatic carbocycles. The predicted octanol–water partition coefficient (Wildman–Crippen LogP) is 4.21. The van der Waals surface area contributed by atoms with Crippen LogP contribution in [0.25, 0.3) is 11.3 Å². The molecule has 0 atom stereocenters. The third-order valence-electron chi connectivity index (χ3n) is 4.63. The summed E-state index contributed by atoms with van der Waals surface area (Å²) in [4.78, 5) is 14.9. The zero-order chi connectivity index (χ0) is 19.2. The van der Waals surface area contributed by atoms with E-state index in [0.717, 1.165) is 24.1 Å². The number of para-hydroxylation sites is 1. The molecule has 1 aromatic heterocycles. The number of aromatic nitrogens is 1. The van der Waals surface area contributed by atoms with E-state index >= 15 is 0 Å². The number of aryl methyl sites for hydroxylation is 2. The van der Waals surface area contributed by atoms with Crippen LogP contribution in [0.2, 0.25) is 0 Å². The lowest BCUT2D eigenvalue weighted by atomic mass is 10.0. The monoisotopic (exact) mass is 363 g/mol. The minimum absolute atomic E-state index is 0.144. The Kier molecular flexibility index (Phi) is 5.91. The van der Waals surface area contributed by atoms with Crippen molar-refractivity contribution in [2.45, 2.75) is 20.3 Å². The highest BCUT2D eigenvalue weighted by Gasteiger charge is 2.22. The fraction of sp³-hybridized carbons (Fsp3) is 0.273. The molecular formula is C22H25N3O2. The lowest BCUT2D eigenvalue weighted by molar-refractivity contribution is 0.0953. The SMILES string of the molecule is Cc1ccccc1-c1onc(C)c1C(=O)NCCCN(C)c1ccccc1. The number of carbonyl (C=O) groups excluding carboxylic acids is 1. The maximum atomic E-state index is 12.7. The van der Waals surface area contributed by atoms with E-state index in [0.29, 0.717) is 23.6 Å². The Morgan fingerprint density at radius 2 is 1.78 bits per heavy atom. The van der Waals surface area contributed by atoms with E-state index in [1.54, 1.807) is 6.92 Å². The molecule has 0 bridgehead atoms. The maximum absolute atomic E-state index is 12.7. The lowest BCUT2D eigenvalue weighted by Gasteiger charge is -2.19. The van der Waals surface area contributed by atoms with Crippen molar-refractivity contribution in [3.05, 3.63) is 71.4 Å². The Bertz CT molecular complexity index is 903. The first-order valence-electron chi connectivity index (χ1n) is 9.14. The van der Waals surface area contributed by atoms with Crippen LogP contribution in [0.3, 0.4) is 0 Å². The molecule has 1 amide bonds. The first kappa shape index (κ1) is 18.7. The number of nitrogens with one attached hydrogen (secondary N) is 1. The van der Waals surface area contributed by atoms with E-state index in [9.17, 15) is 4.79 Å². The van der Waals surface area contributed by atoms with Gasteiger partial charge in [0.05, 0.1) is 5.69 Å². The maximum Gasteiger partial charge on any atom is 0.257 e. The highest BCUT2D eigenvalue weighted by Crippen LogP contribution is 2.28. The summed E-state index contributed by atoms with van der Waals surface area (Å²) in [6, 6.07) is 18.0. The van der Waals surface area contributed by atoms with Crippen molar-refractivity contribution >= 4 is 11.6 Å². The molecule has 27 heavy (non-hydrogen) atoms. The average Bonchev–Trinajstić information content (AvgIpc) is 3.07. The summed E-state index contributed by atoms with van der Waals surface area (Å²) in [5.74, 6) is 0.388. The number of anilines is 1. The van der Waals surface area contributed by atoms with Crippen LogP contribution in [0.5, 0.6) is 0 Å². The van der Waals surface area contributed by atoms with Crippen molar-refractivity contribution in [2.75, 3.05) is 25.0 Å². The summed E-state index contributed by atoms with van der Waals surface area (Å²) in [6.45, 7) is 5.24. The van der Waals surface area contributed by atoms with Crippen molar-refractivity contribution in [1.82, 2.24) is 10.5 Å². The van der Waals surface area contributed by atoms with Gasteiger partial charge in [0.15, 0.2) is 5.76 Å². The summed E-state index contributed by atoms with van der Waals surface area (Å²) < 4.78 is 5.47. The second kappa shape index (κ2) is 8.54. The molecule has 1 N–H and O–H groups in total. The Balaban J connectivity index is 1.61. The van der Waals surface area contributed by atoms with E-state index in [2.05, 4.69) is 34.6 Å².